The van der Waals surface area contributed by atoms with Crippen molar-refractivity contribution in [1.29, 1.82) is 0 Å². The highest BCUT2D eigenvalue weighted by molar-refractivity contribution is 5.78. The predicted molar refractivity (Wildman–Crippen MR) is 72.2 cm³/mol. The van der Waals surface area contributed by atoms with Crippen LogP contribution in [0.5, 0.6) is 11.5 Å². The second-order valence-electron chi connectivity index (χ2n) is 4.11. The van der Waals surface area contributed by atoms with Crippen LogP contribution in [0.3, 0.4) is 0 Å². The van der Waals surface area contributed by atoms with Gasteiger partial charge in [-0.15, -0.1) is 0 Å². The molecule has 6 heteroatoms. The van der Waals surface area contributed by atoms with Gasteiger partial charge in [-0.3, -0.25) is 0 Å². The first-order valence-electron chi connectivity index (χ1n) is 5.74. The van der Waals surface area contributed by atoms with E-state index in [0.29, 0.717) is 17.0 Å². The van der Waals surface area contributed by atoms with Gasteiger partial charge in [0, 0.05) is 12.6 Å². The Morgan fingerprint density at radius 3 is 2.63 bits per heavy atom. The molecule has 4 N–H and O–H groups in total. The molecule has 0 saturated carbocycles. The molecule has 0 aliphatic carbocycles. The maximum Gasteiger partial charge on any atom is 0.180 e. The first kappa shape index (κ1) is 11.3. The Balaban J connectivity index is 2.11. The van der Waals surface area contributed by atoms with Gasteiger partial charge in [-0.05, 0) is 30.3 Å². The number of nitrogens with zero attached hydrogens (tertiary/aromatic N) is 2. The Bertz CT molecular complexity index is 751. The van der Waals surface area contributed by atoms with E-state index in [1.54, 1.807) is 13.1 Å². The molecule has 6 nitrogen and oxygen atoms in total. The van der Waals surface area contributed by atoms with E-state index in [0.717, 1.165) is 11.3 Å². The van der Waals surface area contributed by atoms with Gasteiger partial charge >= 0.3 is 0 Å². The van der Waals surface area contributed by atoms with Gasteiger partial charge in [-0.2, -0.15) is 0 Å². The topological polar surface area (TPSA) is 94.1 Å². The van der Waals surface area contributed by atoms with Gasteiger partial charge in [0.1, 0.15) is 11.6 Å². The smallest absolute Gasteiger partial charge is 0.180 e. The molecule has 0 aliphatic rings. The summed E-state index contributed by atoms with van der Waals surface area (Å²) >= 11 is 0. The molecule has 0 aliphatic heterocycles. The van der Waals surface area contributed by atoms with Gasteiger partial charge in [0.2, 0.25) is 0 Å². The van der Waals surface area contributed by atoms with E-state index in [9.17, 15) is 10.2 Å². The number of aromatic amines is 1. The normalized spacial score (nSPS) is 10.8. The molecule has 0 bridgehead atoms. The lowest BCUT2D eigenvalue weighted by Crippen LogP contribution is -1.91. The number of anilines is 1. The largest absolute Gasteiger partial charge is 0.504 e. The zero-order valence-electron chi connectivity index (χ0n) is 10.2. The minimum atomic E-state index is -0.179. The summed E-state index contributed by atoms with van der Waals surface area (Å²) < 4.78 is 0. The number of hydrogen-bond acceptors (Lipinski definition) is 5. The Morgan fingerprint density at radius 2 is 1.89 bits per heavy atom. The van der Waals surface area contributed by atoms with Gasteiger partial charge < -0.3 is 20.5 Å². The molecule has 1 aromatic carbocycles. The Morgan fingerprint density at radius 1 is 1.05 bits per heavy atom. The number of imidazole rings is 1. The van der Waals surface area contributed by atoms with Crippen molar-refractivity contribution in [3.8, 4) is 22.9 Å². The number of benzene rings is 1. The molecule has 0 amide bonds. The van der Waals surface area contributed by atoms with E-state index < -0.39 is 0 Å². The average Bonchev–Trinajstić information content (AvgIpc) is 2.84. The first-order valence-corrected chi connectivity index (χ1v) is 5.74. The maximum absolute atomic E-state index is 9.50. The van der Waals surface area contributed by atoms with Crippen molar-refractivity contribution in [3.05, 3.63) is 30.3 Å². The van der Waals surface area contributed by atoms with Crippen molar-refractivity contribution < 1.29 is 10.2 Å². The van der Waals surface area contributed by atoms with Crippen molar-refractivity contribution in [2.45, 2.75) is 0 Å². The van der Waals surface area contributed by atoms with Crippen LogP contribution in [0.25, 0.3) is 22.6 Å². The number of hydrogen-bond donors (Lipinski definition) is 4. The fourth-order valence-corrected chi connectivity index (χ4v) is 1.84. The average molecular weight is 256 g/mol. The molecule has 3 rings (SSSR count). The van der Waals surface area contributed by atoms with Crippen LogP contribution in [0, 0.1) is 0 Å². The van der Waals surface area contributed by atoms with Crippen molar-refractivity contribution in [1.82, 2.24) is 15.0 Å². The number of phenols is 2. The zero-order valence-corrected chi connectivity index (χ0v) is 10.2. The molecule has 96 valence electrons. The summed E-state index contributed by atoms with van der Waals surface area (Å²) in [5, 5.41) is 21.7. The quantitative estimate of drug-likeness (QED) is 0.527. The lowest BCUT2D eigenvalue weighted by molar-refractivity contribution is 0.404. The van der Waals surface area contributed by atoms with E-state index in [2.05, 4.69) is 20.3 Å². The number of pyridine rings is 1. The fourth-order valence-electron chi connectivity index (χ4n) is 1.84. The number of phenolic OH excluding ortho intramolecular Hbond substituents is 2. The summed E-state index contributed by atoms with van der Waals surface area (Å²) in [6, 6.07) is 8.27. The molecule has 2 aromatic heterocycles. The van der Waals surface area contributed by atoms with E-state index in [1.165, 1.54) is 12.1 Å². The van der Waals surface area contributed by atoms with Gasteiger partial charge in [0.25, 0.3) is 0 Å². The number of aromatic hydroxyl groups is 2. The van der Waals surface area contributed by atoms with Crippen LogP contribution in [0.15, 0.2) is 30.3 Å². The molecular weight excluding hydrogens is 244 g/mol. The van der Waals surface area contributed by atoms with Gasteiger partial charge in [-0.1, -0.05) is 0 Å². The molecule has 0 atom stereocenters. The summed E-state index contributed by atoms with van der Waals surface area (Å²) in [4.78, 5) is 11.8. The third-order valence-electron chi connectivity index (χ3n) is 2.85. The minimum Gasteiger partial charge on any atom is -0.504 e. The summed E-state index contributed by atoms with van der Waals surface area (Å²) in [6.07, 6.45) is 0. The van der Waals surface area contributed by atoms with Gasteiger partial charge in [-0.25, -0.2) is 9.97 Å². The van der Waals surface area contributed by atoms with E-state index >= 15 is 0 Å². The molecule has 19 heavy (non-hydrogen) atoms. The maximum atomic E-state index is 9.50. The lowest BCUT2D eigenvalue weighted by atomic mass is 10.2. The Kier molecular flexibility index (Phi) is 2.49. The SMILES string of the molecule is CNc1ccc2[nH]c(-c3ccc(O)c(O)c3)nc2n1. The van der Waals surface area contributed by atoms with E-state index in [4.69, 9.17) is 0 Å². The van der Waals surface area contributed by atoms with E-state index in [1.807, 2.05) is 12.1 Å². The molecule has 0 saturated heterocycles. The molecule has 0 spiro atoms. The zero-order chi connectivity index (χ0) is 13.4. The van der Waals surface area contributed by atoms with Crippen molar-refractivity contribution in [3.63, 3.8) is 0 Å². The monoisotopic (exact) mass is 256 g/mol. The molecule has 0 fully saturated rings. The standard InChI is InChI=1S/C13H12N4O2/c1-14-11-5-3-8-13(16-11)17-12(15-8)7-2-4-9(18)10(19)6-7/h2-6,18-19H,1H3,(H2,14,15,16,17). The highest BCUT2D eigenvalue weighted by atomic mass is 16.3. The van der Waals surface area contributed by atoms with Crippen LogP contribution in [0.4, 0.5) is 5.82 Å². The minimum absolute atomic E-state index is 0.157. The summed E-state index contributed by atoms with van der Waals surface area (Å²) in [5.74, 6) is 0.988. The fraction of sp³-hybridized carbons (Fsp3) is 0.0769. The van der Waals surface area contributed by atoms with Crippen LogP contribution in [-0.4, -0.2) is 32.2 Å². The number of aromatic nitrogens is 3. The predicted octanol–water partition coefficient (Wildman–Crippen LogP) is 2.08. The summed E-state index contributed by atoms with van der Waals surface area (Å²) in [7, 11) is 1.79. The second kappa shape index (κ2) is 4.16. The van der Waals surface area contributed by atoms with Gasteiger partial charge in [0.05, 0.1) is 5.52 Å². The number of rotatable bonds is 2. The van der Waals surface area contributed by atoms with Gasteiger partial charge in [0.15, 0.2) is 17.1 Å². The van der Waals surface area contributed by atoms with Crippen molar-refractivity contribution in [2.75, 3.05) is 12.4 Å². The highest BCUT2D eigenvalue weighted by Crippen LogP contribution is 2.30. The molecule has 0 unspecified atom stereocenters. The third-order valence-corrected chi connectivity index (χ3v) is 2.85. The molecule has 0 radical (unpaired) electrons. The first-order chi connectivity index (χ1) is 9.17. The van der Waals surface area contributed by atoms with E-state index in [-0.39, 0.29) is 11.5 Å². The molecule has 2 heterocycles. The number of H-pyrrole nitrogens is 1. The van der Waals surface area contributed by atoms with Crippen molar-refractivity contribution in [2.24, 2.45) is 0 Å². The lowest BCUT2D eigenvalue weighted by Gasteiger charge is -1.99. The highest BCUT2D eigenvalue weighted by Gasteiger charge is 2.09. The summed E-state index contributed by atoms with van der Waals surface area (Å²) in [6.45, 7) is 0. The van der Waals surface area contributed by atoms with Crippen LogP contribution in [0.2, 0.25) is 0 Å². The number of fused-ring (bicyclic) bond motifs is 1. The molecule has 3 aromatic rings. The Labute approximate surface area is 108 Å². The van der Waals surface area contributed by atoms with Crippen LogP contribution >= 0.6 is 0 Å². The van der Waals surface area contributed by atoms with Crippen LogP contribution < -0.4 is 5.32 Å². The number of nitrogens with one attached hydrogen (secondary N) is 2. The second-order valence-corrected chi connectivity index (χ2v) is 4.11. The van der Waals surface area contributed by atoms with Crippen LogP contribution in [0.1, 0.15) is 0 Å². The van der Waals surface area contributed by atoms with Crippen LogP contribution in [-0.2, 0) is 0 Å². The summed E-state index contributed by atoms with van der Waals surface area (Å²) in [5.41, 5.74) is 2.08. The molecular formula is C13H12N4O2. The van der Waals surface area contributed by atoms with Crippen molar-refractivity contribution >= 4 is 17.0 Å². The Hall–Kier alpha value is -2.76. The third kappa shape index (κ3) is 1.93.